The maximum absolute atomic E-state index is 14.5. The Hall–Kier alpha value is -2.43. The summed E-state index contributed by atoms with van der Waals surface area (Å²) in [6.45, 7) is 2.23. The van der Waals surface area contributed by atoms with Crippen LogP contribution in [0.2, 0.25) is 0 Å². The summed E-state index contributed by atoms with van der Waals surface area (Å²) in [7, 11) is -1.24. The predicted molar refractivity (Wildman–Crippen MR) is 149 cm³/mol. The third-order valence-corrected chi connectivity index (χ3v) is 24.2. The molecule has 0 aromatic heterocycles. The van der Waals surface area contributed by atoms with Crippen molar-refractivity contribution in [3.8, 4) is 0 Å². The molecular formula is C31H32OSSn. The summed E-state index contributed by atoms with van der Waals surface area (Å²) in [6.07, 6.45) is 6.78. The van der Waals surface area contributed by atoms with Crippen molar-refractivity contribution >= 4 is 39.9 Å². The second kappa shape index (κ2) is 12.3. The molecule has 0 fully saturated rings. The summed E-state index contributed by atoms with van der Waals surface area (Å²) in [5.74, 6) is 0. The van der Waals surface area contributed by atoms with Gasteiger partial charge in [0.2, 0.25) is 0 Å². The van der Waals surface area contributed by atoms with Gasteiger partial charge in [-0.3, -0.25) is 0 Å². The van der Waals surface area contributed by atoms with E-state index in [1.807, 2.05) is 30.3 Å². The van der Waals surface area contributed by atoms with Crippen LogP contribution in [0.4, 0.5) is 0 Å². The van der Waals surface area contributed by atoms with Crippen LogP contribution in [0.15, 0.2) is 135 Å². The van der Waals surface area contributed by atoms with Crippen LogP contribution in [0.3, 0.4) is 0 Å². The summed E-state index contributed by atoms with van der Waals surface area (Å²) >= 11 is -3.89. The zero-order valence-corrected chi connectivity index (χ0v) is 23.4. The van der Waals surface area contributed by atoms with Crippen LogP contribution in [0.5, 0.6) is 0 Å². The van der Waals surface area contributed by atoms with Crippen LogP contribution >= 0.6 is 0 Å². The molecule has 0 heterocycles. The first-order valence-electron chi connectivity index (χ1n) is 12.1. The van der Waals surface area contributed by atoms with E-state index in [1.54, 1.807) is 0 Å². The molecular weight excluding hydrogens is 539 g/mol. The van der Waals surface area contributed by atoms with E-state index in [9.17, 15) is 4.21 Å². The van der Waals surface area contributed by atoms with Gasteiger partial charge < -0.3 is 0 Å². The van der Waals surface area contributed by atoms with E-state index in [1.165, 1.54) is 23.6 Å². The fraction of sp³-hybridized carbons (Fsp3) is 0.161. The van der Waals surface area contributed by atoms with Crippen molar-refractivity contribution in [2.75, 3.05) is 0 Å². The first-order chi connectivity index (χ1) is 16.8. The van der Waals surface area contributed by atoms with Crippen molar-refractivity contribution in [3.05, 3.63) is 130 Å². The molecule has 0 spiro atoms. The molecule has 34 heavy (non-hydrogen) atoms. The van der Waals surface area contributed by atoms with Gasteiger partial charge in [0, 0.05) is 0 Å². The molecule has 1 atom stereocenters. The van der Waals surface area contributed by atoms with Crippen molar-refractivity contribution < 1.29 is 4.21 Å². The fourth-order valence-corrected chi connectivity index (χ4v) is 24.1. The van der Waals surface area contributed by atoms with Gasteiger partial charge in [0.1, 0.15) is 0 Å². The second-order valence-corrected chi connectivity index (χ2v) is 21.7. The van der Waals surface area contributed by atoms with Crippen LogP contribution in [0.25, 0.3) is 0 Å². The zero-order chi connectivity index (χ0) is 23.6. The molecule has 0 saturated carbocycles. The normalized spacial score (nSPS) is 12.9. The van der Waals surface area contributed by atoms with Gasteiger partial charge in [-0.25, -0.2) is 0 Å². The molecule has 0 aliphatic rings. The summed E-state index contributed by atoms with van der Waals surface area (Å²) < 4.78 is 19.6. The van der Waals surface area contributed by atoms with Crippen LogP contribution in [-0.4, -0.2) is 22.6 Å². The fourth-order valence-electron chi connectivity index (χ4n) is 4.66. The number of rotatable bonds is 10. The van der Waals surface area contributed by atoms with Crippen molar-refractivity contribution in [1.82, 2.24) is 0 Å². The third kappa shape index (κ3) is 5.29. The van der Waals surface area contributed by atoms with Gasteiger partial charge in [-0.1, -0.05) is 0 Å². The number of allylic oxidation sites excluding steroid dienone is 1. The van der Waals surface area contributed by atoms with Gasteiger partial charge in [0.25, 0.3) is 0 Å². The van der Waals surface area contributed by atoms with Crippen LogP contribution in [-0.2, 0) is 10.8 Å². The molecule has 4 aromatic rings. The minimum atomic E-state index is -3.89. The van der Waals surface area contributed by atoms with Gasteiger partial charge in [-0.2, -0.15) is 0 Å². The summed E-state index contributed by atoms with van der Waals surface area (Å²) in [5, 5.41) is 0. The van der Waals surface area contributed by atoms with E-state index in [-0.39, 0.29) is 0 Å². The molecule has 0 N–H and O–H groups in total. The van der Waals surface area contributed by atoms with E-state index < -0.39 is 29.2 Å². The van der Waals surface area contributed by atoms with Gasteiger partial charge in [0.15, 0.2) is 0 Å². The quantitative estimate of drug-likeness (QED) is 0.170. The van der Waals surface area contributed by atoms with E-state index in [4.69, 9.17) is 0 Å². The predicted octanol–water partition coefficient (Wildman–Crippen LogP) is 5.97. The molecule has 0 radical (unpaired) electrons. The minimum absolute atomic E-state index is 0.883. The molecule has 1 nitrogen and oxygen atoms in total. The molecule has 0 bridgehead atoms. The molecule has 0 amide bonds. The Morgan fingerprint density at radius 1 is 0.647 bits per heavy atom. The Labute approximate surface area is 210 Å². The zero-order valence-electron chi connectivity index (χ0n) is 19.8. The van der Waals surface area contributed by atoms with Crippen LogP contribution in [0, 0.1) is 0 Å². The van der Waals surface area contributed by atoms with Crippen molar-refractivity contribution in [2.45, 2.75) is 37.5 Å². The van der Waals surface area contributed by atoms with Crippen molar-refractivity contribution in [1.29, 1.82) is 0 Å². The van der Waals surface area contributed by atoms with Gasteiger partial charge >= 0.3 is 212 Å². The van der Waals surface area contributed by atoms with Crippen LogP contribution in [0.1, 0.15) is 32.6 Å². The molecule has 4 aromatic carbocycles. The molecule has 172 valence electrons. The SMILES string of the molecule is CCCCC/C=[C](/S(=O)c1ccccc1)[Sn]([c]1ccccc1)([c]1ccccc1)[c]1ccccc1. The molecule has 0 saturated heterocycles. The number of unbranched alkanes of at least 4 members (excludes halogenated alkanes) is 3. The third-order valence-electron chi connectivity index (χ3n) is 6.28. The Balaban J connectivity index is 2.05. The Kier molecular flexibility index (Phi) is 8.95. The molecule has 0 aliphatic carbocycles. The second-order valence-electron chi connectivity index (χ2n) is 8.49. The first-order valence-corrected chi connectivity index (χ1v) is 19.0. The summed E-state index contributed by atoms with van der Waals surface area (Å²) in [5.41, 5.74) is 0. The monoisotopic (exact) mass is 572 g/mol. The number of hydrogen-bond acceptors (Lipinski definition) is 1. The Morgan fingerprint density at radius 2 is 1.06 bits per heavy atom. The molecule has 1 unspecified atom stereocenters. The van der Waals surface area contributed by atoms with Gasteiger partial charge in [-0.05, 0) is 0 Å². The van der Waals surface area contributed by atoms with Crippen molar-refractivity contribution in [2.24, 2.45) is 0 Å². The summed E-state index contributed by atoms with van der Waals surface area (Å²) in [4.78, 5) is 0.883. The Bertz CT molecular complexity index is 1110. The Morgan fingerprint density at radius 3 is 1.47 bits per heavy atom. The van der Waals surface area contributed by atoms with E-state index >= 15 is 0 Å². The van der Waals surface area contributed by atoms with E-state index in [0.717, 1.165) is 20.7 Å². The molecule has 3 heteroatoms. The van der Waals surface area contributed by atoms with E-state index in [2.05, 4.69) is 104 Å². The average Bonchev–Trinajstić information content (AvgIpc) is 2.92. The van der Waals surface area contributed by atoms with Gasteiger partial charge in [0.05, 0.1) is 0 Å². The number of benzene rings is 4. The van der Waals surface area contributed by atoms with Crippen LogP contribution < -0.4 is 10.7 Å². The molecule has 4 rings (SSSR count). The number of hydrogen-bond donors (Lipinski definition) is 0. The topological polar surface area (TPSA) is 17.1 Å². The van der Waals surface area contributed by atoms with Crippen molar-refractivity contribution in [3.63, 3.8) is 0 Å². The standard InChI is InChI=1S/C13H17OS.3C6H5.Sn/c1-2-3-4-5-9-12-15(14)13-10-7-6-8-11-13;3*1-2-4-6-5-3-1;/h6-11H,2-5H2,1H3;3*1-5H;. The molecule has 0 aliphatic heterocycles. The average molecular weight is 571 g/mol. The first kappa shape index (κ1) is 24.7. The van der Waals surface area contributed by atoms with E-state index in [0.29, 0.717) is 0 Å². The maximum atomic E-state index is 14.5. The summed E-state index contributed by atoms with van der Waals surface area (Å²) in [6, 6.07) is 42.6. The van der Waals surface area contributed by atoms with Gasteiger partial charge in [-0.15, -0.1) is 0 Å².